The van der Waals surface area contributed by atoms with Gasteiger partial charge in [0, 0.05) is 11.8 Å². The van der Waals surface area contributed by atoms with E-state index in [2.05, 4.69) is 4.98 Å². The number of aliphatic hydroxyl groups is 2. The lowest BCUT2D eigenvalue weighted by Crippen LogP contribution is -2.43. The zero-order chi connectivity index (χ0) is 25.9. The van der Waals surface area contributed by atoms with Gasteiger partial charge in [0.2, 0.25) is 0 Å². The van der Waals surface area contributed by atoms with Crippen molar-refractivity contribution in [2.45, 2.75) is 44.7 Å². The molecule has 2 aliphatic heterocycles. The number of aromatic nitrogens is 2. The molecule has 1 fully saturated rings. The molecule has 0 radical (unpaired) electrons. The predicted octanol–water partition coefficient (Wildman–Crippen LogP) is 1.99. The Morgan fingerprint density at radius 3 is 2.91 bits per heavy atom. The fraction of sp³-hybridized carbons (Fsp3) is 0.421. The molecule has 3 N–H and O–H groups in total. The maximum absolute atomic E-state index is 15.9. The number of rotatable bonds is 5. The molecule has 0 spiro atoms. The van der Waals surface area contributed by atoms with Crippen molar-refractivity contribution >= 4 is 26.3 Å². The van der Waals surface area contributed by atoms with Crippen LogP contribution in [0.15, 0.2) is 23.1 Å². The fourth-order valence-electron chi connectivity index (χ4n) is 3.50. The van der Waals surface area contributed by atoms with E-state index in [9.17, 15) is 24.4 Å². The summed E-state index contributed by atoms with van der Waals surface area (Å²) in [6.45, 7) is -0.526. The van der Waals surface area contributed by atoms with Crippen LogP contribution < -0.4 is 10.1 Å². The highest BCUT2D eigenvalue weighted by Gasteiger charge is 2.57. The number of ether oxygens (including phenoxy) is 1. The fourth-order valence-corrected chi connectivity index (χ4v) is 4.91. The van der Waals surface area contributed by atoms with Crippen LogP contribution in [0.25, 0.3) is 0 Å². The molecule has 14 heteroatoms. The summed E-state index contributed by atoms with van der Waals surface area (Å²) >= 11 is 4.94. The third kappa shape index (κ3) is 4.33. The molecule has 2 aromatic rings. The summed E-state index contributed by atoms with van der Waals surface area (Å²) < 4.78 is 65.6. The van der Waals surface area contributed by atoms with Crippen LogP contribution in [0.4, 0.5) is 4.39 Å². The van der Waals surface area contributed by atoms with Gasteiger partial charge in [-0.15, -0.1) is 0 Å². The lowest BCUT2D eigenvalue weighted by molar-refractivity contribution is -0.205. The van der Waals surface area contributed by atoms with Gasteiger partial charge in [-0.2, -0.15) is 0 Å². The van der Waals surface area contributed by atoms with Gasteiger partial charge in [-0.3, -0.25) is 28.2 Å². The van der Waals surface area contributed by atoms with Crippen molar-refractivity contribution in [3.05, 3.63) is 55.7 Å². The topological polar surface area (TPSA) is 149 Å². The van der Waals surface area contributed by atoms with Crippen molar-refractivity contribution in [3.63, 3.8) is 0 Å². The molecule has 5 atom stereocenters. The number of halogens is 1. The number of hydrogen-bond acceptors (Lipinski definition) is 10. The van der Waals surface area contributed by atoms with E-state index in [0.717, 1.165) is 16.3 Å². The molecule has 0 amide bonds. The number of aryl methyl sites for hydroxylation is 2. The second-order valence-electron chi connectivity index (χ2n) is 7.53. The molecule has 2 aliphatic rings. The molecule has 1 saturated heterocycles. The molecule has 1 aromatic carbocycles. The van der Waals surface area contributed by atoms with Crippen LogP contribution in [-0.4, -0.2) is 50.7 Å². The first-order valence-electron chi connectivity index (χ1n) is 10.5. The summed E-state index contributed by atoms with van der Waals surface area (Å²) in [4.78, 5) is 24.9. The van der Waals surface area contributed by atoms with E-state index in [1.54, 1.807) is 19.1 Å². The Labute approximate surface area is 194 Å². The number of fused-ring (bicyclic) bond motifs is 1. The minimum atomic E-state index is -4.78. The first kappa shape index (κ1) is 21.3. The first-order valence-corrected chi connectivity index (χ1v) is 11.4. The quantitative estimate of drug-likeness (QED) is 0.313. The number of carbonyl (C=O) groups excluding carboxylic acids is 1. The Bertz CT molecular complexity index is 1370. The van der Waals surface area contributed by atoms with Gasteiger partial charge in [0.1, 0.15) is 24.5 Å². The van der Waals surface area contributed by atoms with Gasteiger partial charge in [0.15, 0.2) is 17.3 Å². The Hall–Kier alpha value is -2.25. The number of hydrogen-bond donors (Lipinski definition) is 3. The van der Waals surface area contributed by atoms with Gasteiger partial charge in [-0.05, 0) is 31.6 Å². The van der Waals surface area contributed by atoms with Crippen LogP contribution >= 0.6 is 20.0 Å². The highest BCUT2D eigenvalue weighted by Crippen LogP contribution is 2.56. The van der Waals surface area contributed by atoms with E-state index in [1.807, 2.05) is 6.92 Å². The molecule has 3 heterocycles. The standard InChI is InChI=1S/C19H20FN2O9PS/c1-9-3-10(2)14-11(4-9)7-28-32(27,31-14)29-8-19(20)15(25)13(24)17(30-19)22-5-12(6-23)16(26)21-18(22)33/h3-6,13,15,17,24-25H,7-8H2,1-2H3,(H,21,26,33)/t13-,15+,17-,19-,32?/m1/s1/i8D2. The molecule has 1 aromatic heterocycles. The van der Waals surface area contributed by atoms with Crippen molar-refractivity contribution < 1.29 is 45.0 Å². The van der Waals surface area contributed by atoms with Gasteiger partial charge >= 0.3 is 7.82 Å². The molecule has 0 bridgehead atoms. The number of phosphoric ester groups is 1. The number of aliphatic hydroxyl groups excluding tert-OH is 2. The van der Waals surface area contributed by atoms with Crippen LogP contribution in [-0.2, 0) is 25.0 Å². The van der Waals surface area contributed by atoms with Crippen LogP contribution in [0.2, 0.25) is 0 Å². The number of aldehydes is 1. The highest BCUT2D eigenvalue weighted by molar-refractivity contribution is 7.71. The lowest BCUT2D eigenvalue weighted by Gasteiger charge is -2.29. The molecule has 0 aliphatic carbocycles. The van der Waals surface area contributed by atoms with Crippen molar-refractivity contribution in [2.24, 2.45) is 0 Å². The second-order valence-corrected chi connectivity index (χ2v) is 9.44. The van der Waals surface area contributed by atoms with Gasteiger partial charge in [-0.1, -0.05) is 17.7 Å². The normalized spacial score (nSPS) is 32.5. The molecule has 11 nitrogen and oxygen atoms in total. The Morgan fingerprint density at radius 1 is 1.48 bits per heavy atom. The molecule has 33 heavy (non-hydrogen) atoms. The van der Waals surface area contributed by atoms with Crippen LogP contribution in [0.3, 0.4) is 0 Å². The first-order chi connectivity index (χ1) is 16.2. The number of phosphoric acid groups is 1. The summed E-state index contributed by atoms with van der Waals surface area (Å²) in [5, 5.41) is 20.8. The third-order valence-electron chi connectivity index (χ3n) is 5.06. The SMILES string of the molecule is [2H]C([2H])(OP1(=O)OCc2cc(C)cc(C)c2O1)[C@@]1(F)O[C@@H](n2cc(C=O)c(=O)[nH]c2=S)[C@H](O)[C@@H]1O. The number of aromatic amines is 1. The van der Waals surface area contributed by atoms with E-state index in [4.69, 9.17) is 33.3 Å². The molecule has 1 unspecified atom stereocenters. The highest BCUT2D eigenvalue weighted by atomic mass is 32.1. The Morgan fingerprint density at radius 2 is 2.21 bits per heavy atom. The minimum absolute atomic E-state index is 0.112. The van der Waals surface area contributed by atoms with Gasteiger partial charge < -0.3 is 19.5 Å². The van der Waals surface area contributed by atoms with Crippen molar-refractivity contribution in [3.8, 4) is 5.75 Å². The van der Waals surface area contributed by atoms with Crippen molar-refractivity contribution in [1.82, 2.24) is 9.55 Å². The average Bonchev–Trinajstić information content (AvgIpc) is 2.99. The third-order valence-corrected chi connectivity index (χ3v) is 6.54. The van der Waals surface area contributed by atoms with E-state index in [1.165, 1.54) is 0 Å². The van der Waals surface area contributed by atoms with E-state index >= 15 is 4.39 Å². The molecular weight excluding hydrogens is 482 g/mol. The maximum Gasteiger partial charge on any atom is 0.530 e. The minimum Gasteiger partial charge on any atom is -0.403 e. The summed E-state index contributed by atoms with van der Waals surface area (Å²) in [6, 6.07) is 3.41. The summed E-state index contributed by atoms with van der Waals surface area (Å²) in [5.41, 5.74) is 0.602. The maximum atomic E-state index is 15.9. The van der Waals surface area contributed by atoms with E-state index in [0.29, 0.717) is 11.1 Å². The Balaban J connectivity index is 1.65. The zero-order valence-electron chi connectivity index (χ0n) is 19.2. The van der Waals surface area contributed by atoms with Gasteiger partial charge in [0.05, 0.1) is 14.9 Å². The van der Waals surface area contributed by atoms with Crippen LogP contribution in [0, 0.1) is 18.6 Å². The number of carbonyl (C=O) groups is 1. The number of nitrogens with zero attached hydrogens (tertiary/aromatic N) is 1. The van der Waals surface area contributed by atoms with Gasteiger partial charge in [0.25, 0.3) is 11.4 Å². The van der Waals surface area contributed by atoms with Crippen molar-refractivity contribution in [1.29, 1.82) is 0 Å². The number of nitrogens with one attached hydrogen (secondary N) is 1. The van der Waals surface area contributed by atoms with E-state index < -0.39 is 54.6 Å². The summed E-state index contributed by atoms with van der Waals surface area (Å²) in [7, 11) is -4.78. The number of alkyl halides is 1. The smallest absolute Gasteiger partial charge is 0.403 e. The predicted molar refractivity (Wildman–Crippen MR) is 112 cm³/mol. The van der Waals surface area contributed by atoms with Crippen LogP contribution in [0.5, 0.6) is 5.75 Å². The zero-order valence-corrected chi connectivity index (χ0v) is 18.9. The molecule has 0 saturated carbocycles. The van der Waals surface area contributed by atoms with Crippen LogP contribution in [0.1, 0.15) is 36.0 Å². The summed E-state index contributed by atoms with van der Waals surface area (Å²) in [6.07, 6.45) is -5.65. The monoisotopic (exact) mass is 504 g/mol. The number of benzene rings is 1. The Kier molecular flexibility index (Phi) is 5.49. The van der Waals surface area contributed by atoms with E-state index in [-0.39, 0.29) is 18.6 Å². The molecule has 4 rings (SSSR count). The molecular formula is C19H20FN2O9PS. The largest absolute Gasteiger partial charge is 0.530 e. The second kappa shape index (κ2) is 8.51. The van der Waals surface area contributed by atoms with Crippen molar-refractivity contribution in [2.75, 3.05) is 6.56 Å². The number of H-pyrrole nitrogens is 1. The van der Waals surface area contributed by atoms with Gasteiger partial charge in [-0.25, -0.2) is 8.96 Å². The molecule has 178 valence electrons. The lowest BCUT2D eigenvalue weighted by atomic mass is 10.1. The summed E-state index contributed by atoms with van der Waals surface area (Å²) in [5.74, 6) is -3.71. The average molecular weight is 504 g/mol.